The van der Waals surface area contributed by atoms with Crippen molar-refractivity contribution >= 4 is 30.1 Å². The van der Waals surface area contributed by atoms with Gasteiger partial charge in [0.25, 0.3) is 0 Å². The van der Waals surface area contributed by atoms with Gasteiger partial charge in [-0.3, -0.25) is 4.79 Å². The maximum absolute atomic E-state index is 11.3. The smallest absolute Gasteiger partial charge is 0.220 e. The second-order valence-corrected chi connectivity index (χ2v) is 4.64. The Morgan fingerprint density at radius 1 is 1.19 bits per heavy atom. The van der Waals surface area contributed by atoms with E-state index >= 15 is 0 Å². The van der Waals surface area contributed by atoms with Gasteiger partial charge in [0.1, 0.15) is 0 Å². The van der Waals surface area contributed by atoms with E-state index in [1.165, 1.54) is 18.6 Å². The van der Waals surface area contributed by atoms with E-state index in [1.807, 2.05) is 11.8 Å². The number of unbranched alkanes of at least 4 members (excludes halogenated alkanes) is 1. The molecule has 0 aromatic heterocycles. The minimum absolute atomic E-state index is 0. The molecule has 0 fully saturated rings. The maximum atomic E-state index is 11.3. The Kier molecular flexibility index (Phi) is 17.4. The third-order valence-electron chi connectivity index (χ3n) is 1.99. The Morgan fingerprint density at radius 3 is 2.56 bits per heavy atom. The zero-order chi connectivity index (χ0) is 11.4. The molecule has 0 heterocycles. The van der Waals surface area contributed by atoms with Crippen LogP contribution in [0.5, 0.6) is 0 Å². The lowest BCUT2D eigenvalue weighted by Gasteiger charge is -2.05. The topological polar surface area (TPSA) is 41.1 Å². The number of rotatable bonds is 10. The summed E-state index contributed by atoms with van der Waals surface area (Å²) in [6.45, 7) is 6.82. The van der Waals surface area contributed by atoms with Crippen LogP contribution in [0.3, 0.4) is 0 Å². The van der Waals surface area contributed by atoms with Crippen molar-refractivity contribution in [3.63, 3.8) is 0 Å². The molecule has 0 saturated heterocycles. The predicted molar refractivity (Wildman–Crippen MR) is 75.7 cm³/mol. The van der Waals surface area contributed by atoms with E-state index in [9.17, 15) is 4.79 Å². The summed E-state index contributed by atoms with van der Waals surface area (Å²) >= 11 is 1.87. The second-order valence-electron chi connectivity index (χ2n) is 3.42. The molecule has 16 heavy (non-hydrogen) atoms. The lowest BCUT2D eigenvalue weighted by molar-refractivity contribution is -0.120. The second kappa shape index (κ2) is 15.1. The highest BCUT2D eigenvalue weighted by molar-refractivity contribution is 7.99. The van der Waals surface area contributed by atoms with Gasteiger partial charge in [-0.15, -0.1) is 12.4 Å². The van der Waals surface area contributed by atoms with Crippen molar-refractivity contribution in [3.8, 4) is 0 Å². The molecule has 2 N–H and O–H groups in total. The Balaban J connectivity index is 0. The number of likely N-dealkylation sites (N-methyl/N-ethyl adjacent to an activating group) is 1. The largest absolute Gasteiger partial charge is 0.355 e. The normalized spacial score (nSPS) is 9.62. The molecule has 0 aliphatic rings. The Labute approximate surface area is 110 Å². The number of carbonyl (C=O) groups excluding carboxylic acids is 1. The van der Waals surface area contributed by atoms with E-state index in [4.69, 9.17) is 0 Å². The molecule has 3 nitrogen and oxygen atoms in total. The van der Waals surface area contributed by atoms with Crippen LogP contribution in [0.1, 0.15) is 33.1 Å². The van der Waals surface area contributed by atoms with Crippen LogP contribution >= 0.6 is 24.2 Å². The van der Waals surface area contributed by atoms with E-state index in [2.05, 4.69) is 24.5 Å². The zero-order valence-corrected chi connectivity index (χ0v) is 12.0. The van der Waals surface area contributed by atoms with Crippen LogP contribution in [0.25, 0.3) is 0 Å². The number of carbonyl (C=O) groups is 1. The molecule has 1 amide bonds. The van der Waals surface area contributed by atoms with Gasteiger partial charge in [-0.2, -0.15) is 11.8 Å². The summed E-state index contributed by atoms with van der Waals surface area (Å²) in [7, 11) is 0. The molecular weight excluding hydrogens is 244 g/mol. The summed E-state index contributed by atoms with van der Waals surface area (Å²) < 4.78 is 0. The summed E-state index contributed by atoms with van der Waals surface area (Å²) in [6.07, 6.45) is 3.15. The number of halogens is 1. The molecule has 0 unspecified atom stereocenters. The average Bonchev–Trinajstić information content (AvgIpc) is 2.24. The van der Waals surface area contributed by atoms with Gasteiger partial charge in [-0.1, -0.05) is 20.3 Å². The highest BCUT2D eigenvalue weighted by Crippen LogP contribution is 2.05. The fourth-order valence-corrected chi connectivity index (χ4v) is 2.10. The first-order valence-corrected chi connectivity index (χ1v) is 7.01. The standard InChI is InChI=1S/C11H24N2OS.ClH/c1-3-5-9-15-10-6-11(14)13-8-7-12-4-2;/h12H,3-10H2,1-2H3,(H,13,14);1H. The number of hydrogen-bond donors (Lipinski definition) is 2. The van der Waals surface area contributed by atoms with Gasteiger partial charge in [-0.25, -0.2) is 0 Å². The molecule has 0 atom stereocenters. The predicted octanol–water partition coefficient (Wildman–Crippen LogP) is 2.06. The molecule has 0 aromatic rings. The van der Waals surface area contributed by atoms with Crippen molar-refractivity contribution in [2.45, 2.75) is 33.1 Å². The molecule has 5 heteroatoms. The van der Waals surface area contributed by atoms with Gasteiger partial charge < -0.3 is 10.6 Å². The minimum atomic E-state index is 0. The lowest BCUT2D eigenvalue weighted by atomic mass is 10.4. The highest BCUT2D eigenvalue weighted by Gasteiger charge is 1.99. The molecule has 98 valence electrons. The van der Waals surface area contributed by atoms with Crippen molar-refractivity contribution in [1.82, 2.24) is 10.6 Å². The molecule has 0 spiro atoms. The van der Waals surface area contributed by atoms with Crippen LogP contribution in [0.4, 0.5) is 0 Å². The summed E-state index contributed by atoms with van der Waals surface area (Å²) in [5, 5.41) is 6.06. The van der Waals surface area contributed by atoms with E-state index < -0.39 is 0 Å². The van der Waals surface area contributed by atoms with Crippen LogP contribution in [-0.2, 0) is 4.79 Å². The number of nitrogens with one attached hydrogen (secondary N) is 2. The molecule has 0 aliphatic heterocycles. The molecule has 0 radical (unpaired) electrons. The van der Waals surface area contributed by atoms with Gasteiger partial charge >= 0.3 is 0 Å². The van der Waals surface area contributed by atoms with E-state index in [1.54, 1.807) is 0 Å². The minimum Gasteiger partial charge on any atom is -0.355 e. The van der Waals surface area contributed by atoms with E-state index in [0.29, 0.717) is 6.42 Å². The van der Waals surface area contributed by atoms with Crippen LogP contribution < -0.4 is 10.6 Å². The van der Waals surface area contributed by atoms with Crippen LogP contribution in [0.2, 0.25) is 0 Å². The Bertz CT molecular complexity index is 159. The van der Waals surface area contributed by atoms with Gasteiger partial charge in [-0.05, 0) is 18.7 Å². The summed E-state index contributed by atoms with van der Waals surface area (Å²) in [6, 6.07) is 0. The van der Waals surface area contributed by atoms with Gasteiger partial charge in [0.2, 0.25) is 5.91 Å². The first-order chi connectivity index (χ1) is 7.31. The van der Waals surface area contributed by atoms with Crippen LogP contribution in [-0.4, -0.2) is 37.0 Å². The SMILES string of the molecule is CCCCSCCC(=O)NCCNCC.Cl. The van der Waals surface area contributed by atoms with Crippen molar-refractivity contribution in [3.05, 3.63) is 0 Å². The highest BCUT2D eigenvalue weighted by atomic mass is 35.5. The van der Waals surface area contributed by atoms with Gasteiger partial charge in [0.05, 0.1) is 0 Å². The summed E-state index contributed by atoms with van der Waals surface area (Å²) in [5.41, 5.74) is 0. The molecule has 0 rings (SSSR count). The quantitative estimate of drug-likeness (QED) is 0.596. The Morgan fingerprint density at radius 2 is 1.94 bits per heavy atom. The fourth-order valence-electron chi connectivity index (χ4n) is 1.07. The van der Waals surface area contributed by atoms with Crippen LogP contribution in [0, 0.1) is 0 Å². The van der Waals surface area contributed by atoms with Crippen molar-refractivity contribution in [2.24, 2.45) is 0 Å². The first kappa shape index (κ1) is 18.4. The third kappa shape index (κ3) is 14.1. The number of amides is 1. The number of thioether (sulfide) groups is 1. The fraction of sp³-hybridized carbons (Fsp3) is 0.909. The summed E-state index contributed by atoms with van der Waals surface area (Å²) in [5.74, 6) is 2.31. The first-order valence-electron chi connectivity index (χ1n) is 5.86. The Hall–Kier alpha value is 0.0700. The van der Waals surface area contributed by atoms with Crippen molar-refractivity contribution in [1.29, 1.82) is 0 Å². The lowest BCUT2D eigenvalue weighted by Crippen LogP contribution is -2.31. The van der Waals surface area contributed by atoms with Gasteiger partial charge in [0.15, 0.2) is 0 Å². The summed E-state index contributed by atoms with van der Waals surface area (Å²) in [4.78, 5) is 11.3. The number of hydrogen-bond acceptors (Lipinski definition) is 3. The van der Waals surface area contributed by atoms with E-state index in [0.717, 1.165) is 25.4 Å². The average molecular weight is 269 g/mol. The molecule has 0 aliphatic carbocycles. The molecule has 0 bridgehead atoms. The van der Waals surface area contributed by atoms with Crippen molar-refractivity contribution < 1.29 is 4.79 Å². The molecule has 0 saturated carbocycles. The monoisotopic (exact) mass is 268 g/mol. The maximum Gasteiger partial charge on any atom is 0.220 e. The van der Waals surface area contributed by atoms with Crippen LogP contribution in [0.15, 0.2) is 0 Å². The van der Waals surface area contributed by atoms with E-state index in [-0.39, 0.29) is 18.3 Å². The zero-order valence-electron chi connectivity index (χ0n) is 10.4. The molecular formula is C11H25ClN2OS. The third-order valence-corrected chi connectivity index (χ3v) is 3.06. The molecule has 0 aromatic carbocycles. The van der Waals surface area contributed by atoms with Crippen molar-refractivity contribution in [2.75, 3.05) is 31.1 Å². The van der Waals surface area contributed by atoms with Gasteiger partial charge in [0, 0.05) is 25.3 Å².